The van der Waals surface area contributed by atoms with Gasteiger partial charge in [-0.15, -0.1) is 0 Å². The van der Waals surface area contributed by atoms with Gasteiger partial charge in [0.15, 0.2) is 5.60 Å². The molecule has 0 bridgehead atoms. The summed E-state index contributed by atoms with van der Waals surface area (Å²) < 4.78 is 44.1. The molecule has 0 aromatic rings. The van der Waals surface area contributed by atoms with Gasteiger partial charge in [0.05, 0.1) is 12.2 Å². The molecule has 8 heteroatoms. The van der Waals surface area contributed by atoms with E-state index in [9.17, 15) is 33.3 Å². The molecular weight excluding hydrogens is 461 g/mol. The number of esters is 1. The van der Waals surface area contributed by atoms with Gasteiger partial charge in [-0.3, -0.25) is 4.79 Å². The Balaban J connectivity index is 1.65. The lowest BCUT2D eigenvalue weighted by Crippen LogP contribution is -2.42. The van der Waals surface area contributed by atoms with E-state index in [1.807, 2.05) is 6.08 Å². The van der Waals surface area contributed by atoms with Crippen LogP contribution >= 0.6 is 0 Å². The van der Waals surface area contributed by atoms with Crippen LogP contribution in [0, 0.1) is 11.3 Å². The third-order valence-electron chi connectivity index (χ3n) is 8.08. The predicted molar refractivity (Wildman–Crippen MR) is 126 cm³/mol. The molecule has 0 aromatic heterocycles. The van der Waals surface area contributed by atoms with Crippen LogP contribution in [0.15, 0.2) is 47.1 Å². The first kappa shape index (κ1) is 27.7. The number of alkyl halides is 3. The molecule has 3 aliphatic carbocycles. The van der Waals surface area contributed by atoms with Crippen LogP contribution in [0.3, 0.4) is 0 Å². The molecule has 6 atom stereocenters. The summed E-state index contributed by atoms with van der Waals surface area (Å²) in [7, 11) is 0. The van der Waals surface area contributed by atoms with Gasteiger partial charge in [-0.1, -0.05) is 42.9 Å². The number of hydrogen-bond donors (Lipinski definition) is 3. The van der Waals surface area contributed by atoms with E-state index in [2.05, 4.69) is 25.7 Å². The SMILES string of the molecule is C=C1[C@H](O)CC(=C/C=C2\CCC[C@]3(C)C([C@H](C)OC(=O)CC[C@@](C)(O)C(F)(F)F)=CC[C@@H]23)C[C@H]1O. The van der Waals surface area contributed by atoms with E-state index in [4.69, 9.17) is 4.74 Å². The summed E-state index contributed by atoms with van der Waals surface area (Å²) in [5.41, 5.74) is 0.520. The molecule has 0 unspecified atom stereocenters. The quantitative estimate of drug-likeness (QED) is 0.352. The molecule has 0 radical (unpaired) electrons. The molecule has 0 amide bonds. The normalized spacial score (nSPS) is 33.1. The first-order valence-corrected chi connectivity index (χ1v) is 12.3. The lowest BCUT2D eigenvalue weighted by molar-refractivity contribution is -0.255. The van der Waals surface area contributed by atoms with E-state index in [-0.39, 0.29) is 11.3 Å². The fourth-order valence-corrected chi connectivity index (χ4v) is 5.71. The molecule has 0 saturated heterocycles. The van der Waals surface area contributed by atoms with Gasteiger partial charge in [-0.25, -0.2) is 0 Å². The van der Waals surface area contributed by atoms with Crippen molar-refractivity contribution in [2.45, 2.75) is 102 Å². The number of halogens is 3. The van der Waals surface area contributed by atoms with Gasteiger partial charge in [-0.05, 0) is 81.3 Å². The molecule has 3 rings (SSSR count). The van der Waals surface area contributed by atoms with Crippen LogP contribution < -0.4 is 0 Å². The largest absolute Gasteiger partial charge is 0.458 e. The van der Waals surface area contributed by atoms with Crippen molar-refractivity contribution in [1.29, 1.82) is 0 Å². The zero-order valence-corrected chi connectivity index (χ0v) is 20.7. The summed E-state index contributed by atoms with van der Waals surface area (Å²) in [5.74, 6) is -0.536. The van der Waals surface area contributed by atoms with Crippen molar-refractivity contribution >= 4 is 5.97 Å². The first-order valence-electron chi connectivity index (χ1n) is 12.3. The summed E-state index contributed by atoms with van der Waals surface area (Å²) in [6.07, 6.45) is 2.55. The van der Waals surface area contributed by atoms with E-state index in [1.54, 1.807) is 6.92 Å². The molecule has 196 valence electrons. The Hall–Kier alpha value is -1.90. The van der Waals surface area contributed by atoms with E-state index in [1.165, 1.54) is 5.57 Å². The Morgan fingerprint density at radius 2 is 1.91 bits per heavy atom. The highest BCUT2D eigenvalue weighted by molar-refractivity contribution is 5.70. The molecule has 0 spiro atoms. The number of aliphatic hydroxyl groups is 3. The van der Waals surface area contributed by atoms with Crippen LogP contribution in [0.2, 0.25) is 0 Å². The van der Waals surface area contributed by atoms with E-state index in [0.717, 1.165) is 36.8 Å². The second-order valence-electron chi connectivity index (χ2n) is 10.7. The number of allylic oxidation sites excluding steroid dienone is 4. The minimum absolute atomic E-state index is 0.223. The third-order valence-corrected chi connectivity index (χ3v) is 8.08. The minimum atomic E-state index is -4.81. The summed E-state index contributed by atoms with van der Waals surface area (Å²) in [6, 6.07) is 0. The lowest BCUT2D eigenvalue weighted by atomic mass is 9.63. The van der Waals surface area contributed by atoms with Crippen molar-refractivity contribution in [2.24, 2.45) is 11.3 Å². The number of carbonyl (C=O) groups is 1. The van der Waals surface area contributed by atoms with Gasteiger partial charge in [0.25, 0.3) is 0 Å². The van der Waals surface area contributed by atoms with Gasteiger partial charge in [0.2, 0.25) is 0 Å². The molecule has 3 aliphatic rings. The van der Waals surface area contributed by atoms with Crippen LogP contribution in [0.5, 0.6) is 0 Å². The highest BCUT2D eigenvalue weighted by atomic mass is 19.4. The average molecular weight is 499 g/mol. The molecule has 0 aromatic carbocycles. The number of ether oxygens (including phenoxy) is 1. The molecule has 5 nitrogen and oxygen atoms in total. The fraction of sp³-hybridized carbons (Fsp3) is 0.667. The van der Waals surface area contributed by atoms with Crippen molar-refractivity contribution in [1.82, 2.24) is 0 Å². The standard InChI is InChI=1S/C27H37F3O5/c1-16-22(31)14-18(15-23(16)32)7-8-19-6-5-12-25(3)20(9-10-21(19)25)17(2)35-24(33)11-13-26(4,34)27(28,29)30/h7-9,17,21-23,31-32,34H,1,5-6,10-15H2,2-4H3/b19-8+/t17-,21-,22+,23+,25+,26+/m0/s1. The maximum atomic E-state index is 12.9. The van der Waals surface area contributed by atoms with Gasteiger partial charge >= 0.3 is 12.1 Å². The number of fused-ring (bicyclic) bond motifs is 1. The third kappa shape index (κ3) is 5.92. The predicted octanol–water partition coefficient (Wildman–Crippen LogP) is 5.07. The van der Waals surface area contributed by atoms with Crippen molar-refractivity contribution in [3.8, 4) is 0 Å². The van der Waals surface area contributed by atoms with Crippen molar-refractivity contribution < 1.29 is 38.0 Å². The van der Waals surface area contributed by atoms with Gasteiger partial charge in [0.1, 0.15) is 6.10 Å². The monoisotopic (exact) mass is 498 g/mol. The lowest BCUT2D eigenvalue weighted by Gasteiger charge is -2.42. The fourth-order valence-electron chi connectivity index (χ4n) is 5.71. The molecular formula is C27H37F3O5. The summed E-state index contributed by atoms with van der Waals surface area (Å²) in [5, 5.41) is 29.8. The first-order chi connectivity index (χ1) is 16.2. The minimum Gasteiger partial charge on any atom is -0.458 e. The zero-order valence-electron chi connectivity index (χ0n) is 20.7. The Labute approximate surface area is 205 Å². The van der Waals surface area contributed by atoms with E-state index < -0.39 is 48.9 Å². The number of hydrogen-bond acceptors (Lipinski definition) is 5. The maximum absolute atomic E-state index is 12.9. The molecule has 2 fully saturated rings. The Morgan fingerprint density at radius 3 is 2.51 bits per heavy atom. The molecule has 3 N–H and O–H groups in total. The highest BCUT2D eigenvalue weighted by Crippen LogP contribution is 2.55. The highest BCUT2D eigenvalue weighted by Gasteiger charge is 2.50. The molecule has 2 saturated carbocycles. The smallest absolute Gasteiger partial charge is 0.416 e. The summed E-state index contributed by atoms with van der Waals surface area (Å²) >= 11 is 0. The van der Waals surface area contributed by atoms with Gasteiger partial charge in [0, 0.05) is 6.42 Å². The second kappa shape index (κ2) is 10.2. The number of carbonyl (C=O) groups excluding carboxylic acids is 1. The van der Waals surface area contributed by atoms with Crippen molar-refractivity contribution in [3.63, 3.8) is 0 Å². The van der Waals surface area contributed by atoms with Gasteiger partial charge < -0.3 is 20.1 Å². The van der Waals surface area contributed by atoms with Crippen LogP contribution in [0.1, 0.15) is 72.1 Å². The van der Waals surface area contributed by atoms with Crippen LogP contribution in [-0.2, 0) is 9.53 Å². The Morgan fingerprint density at radius 1 is 1.29 bits per heavy atom. The zero-order chi connectivity index (χ0) is 26.2. The maximum Gasteiger partial charge on any atom is 0.416 e. The second-order valence-corrected chi connectivity index (χ2v) is 10.7. The van der Waals surface area contributed by atoms with Crippen LogP contribution in [-0.4, -0.2) is 51.4 Å². The van der Waals surface area contributed by atoms with Crippen LogP contribution in [0.25, 0.3) is 0 Å². The Kier molecular flexibility index (Phi) is 8.09. The molecule has 0 aliphatic heterocycles. The average Bonchev–Trinajstić information content (AvgIpc) is 3.11. The van der Waals surface area contributed by atoms with Crippen molar-refractivity contribution in [3.05, 3.63) is 47.1 Å². The number of aliphatic hydroxyl groups excluding tert-OH is 2. The van der Waals surface area contributed by atoms with E-state index >= 15 is 0 Å². The van der Waals surface area contributed by atoms with Crippen molar-refractivity contribution in [2.75, 3.05) is 0 Å². The Bertz CT molecular complexity index is 914. The van der Waals surface area contributed by atoms with E-state index in [0.29, 0.717) is 25.3 Å². The summed E-state index contributed by atoms with van der Waals surface area (Å²) in [6.45, 7) is 8.30. The summed E-state index contributed by atoms with van der Waals surface area (Å²) in [4.78, 5) is 12.3. The topological polar surface area (TPSA) is 87.0 Å². The van der Waals surface area contributed by atoms with Crippen LogP contribution in [0.4, 0.5) is 13.2 Å². The molecule has 0 heterocycles. The van der Waals surface area contributed by atoms with Gasteiger partial charge in [-0.2, -0.15) is 13.2 Å². The molecule has 35 heavy (non-hydrogen) atoms. The number of rotatable bonds is 6.